The molecule has 0 fully saturated rings. The Kier molecular flexibility index (Phi) is 8.50. The molecule has 2 aromatic rings. The Balaban J connectivity index is 0.000000251. The van der Waals surface area contributed by atoms with Gasteiger partial charge in [-0.15, -0.1) is 0 Å². The largest absolute Gasteiger partial charge is 0.496 e. The maximum atomic E-state index is 10.6. The molecule has 0 atom stereocenters. The standard InChI is InChI=1S/C10H12O3.C10H10O2/c1-7-9(12-2)5-4-8(6-11)10(7)13-3;1-2-7-12-10-6-4-3-5-9(10)8-11/h4-6H,1-3H3;2-6,8H,1,7H2. The minimum absolute atomic E-state index is 0.421. The van der Waals surface area contributed by atoms with Gasteiger partial charge in [0.15, 0.2) is 12.6 Å². The van der Waals surface area contributed by atoms with E-state index in [1.165, 1.54) is 7.11 Å². The van der Waals surface area contributed by atoms with Gasteiger partial charge in [0.1, 0.15) is 23.9 Å². The first kappa shape index (κ1) is 20.0. The normalized spacial score (nSPS) is 9.24. The molecule has 2 aromatic carbocycles. The van der Waals surface area contributed by atoms with E-state index in [0.717, 1.165) is 23.9 Å². The molecule has 0 N–H and O–H groups in total. The third kappa shape index (κ3) is 5.49. The molecule has 0 heterocycles. The molecular formula is C20H22O5. The summed E-state index contributed by atoms with van der Waals surface area (Å²) in [5, 5.41) is 0. The zero-order valence-electron chi connectivity index (χ0n) is 14.7. The number of hydrogen-bond acceptors (Lipinski definition) is 5. The molecule has 0 radical (unpaired) electrons. The highest BCUT2D eigenvalue weighted by molar-refractivity contribution is 5.81. The Morgan fingerprint density at radius 1 is 0.920 bits per heavy atom. The molecule has 0 saturated heterocycles. The first-order valence-corrected chi connectivity index (χ1v) is 7.57. The second kappa shape index (κ2) is 10.6. The highest BCUT2D eigenvalue weighted by Crippen LogP contribution is 2.29. The minimum Gasteiger partial charge on any atom is -0.496 e. The average molecular weight is 342 g/mol. The highest BCUT2D eigenvalue weighted by Gasteiger charge is 2.09. The molecule has 0 saturated carbocycles. The summed E-state index contributed by atoms with van der Waals surface area (Å²) in [6.07, 6.45) is 3.19. The second-order valence-electron chi connectivity index (χ2n) is 4.89. The molecular weight excluding hydrogens is 320 g/mol. The SMILES string of the molecule is C=CCOc1ccccc1C=O.COc1ccc(C=O)c(OC)c1C. The molecule has 5 nitrogen and oxygen atoms in total. The van der Waals surface area contributed by atoms with Crippen LogP contribution in [0.25, 0.3) is 0 Å². The number of ether oxygens (including phenoxy) is 3. The van der Waals surface area contributed by atoms with Gasteiger partial charge in [0.05, 0.1) is 25.3 Å². The van der Waals surface area contributed by atoms with Gasteiger partial charge >= 0.3 is 0 Å². The average Bonchev–Trinajstić information content (AvgIpc) is 2.66. The van der Waals surface area contributed by atoms with E-state index < -0.39 is 0 Å². The molecule has 0 amide bonds. The van der Waals surface area contributed by atoms with Crippen LogP contribution in [0.1, 0.15) is 26.3 Å². The summed E-state index contributed by atoms with van der Waals surface area (Å²) in [6.45, 7) is 5.79. The lowest BCUT2D eigenvalue weighted by Crippen LogP contribution is -1.96. The van der Waals surface area contributed by atoms with Crippen molar-refractivity contribution in [2.24, 2.45) is 0 Å². The summed E-state index contributed by atoms with van der Waals surface area (Å²) in [7, 11) is 3.12. The van der Waals surface area contributed by atoms with Crippen LogP contribution < -0.4 is 14.2 Å². The molecule has 0 unspecified atom stereocenters. The van der Waals surface area contributed by atoms with Crippen LogP contribution in [0.4, 0.5) is 0 Å². The molecule has 0 aliphatic heterocycles. The number of aldehydes is 2. The Morgan fingerprint density at radius 3 is 2.16 bits per heavy atom. The fraction of sp³-hybridized carbons (Fsp3) is 0.200. The zero-order chi connectivity index (χ0) is 18.7. The van der Waals surface area contributed by atoms with Gasteiger partial charge < -0.3 is 14.2 Å². The molecule has 0 aromatic heterocycles. The summed E-state index contributed by atoms with van der Waals surface area (Å²) in [6, 6.07) is 10.5. The van der Waals surface area contributed by atoms with Gasteiger partial charge in [0.2, 0.25) is 0 Å². The summed E-state index contributed by atoms with van der Waals surface area (Å²) in [4.78, 5) is 21.1. The molecule has 132 valence electrons. The third-order valence-corrected chi connectivity index (χ3v) is 3.34. The molecule has 0 bridgehead atoms. The van der Waals surface area contributed by atoms with E-state index in [9.17, 15) is 9.59 Å². The number of hydrogen-bond donors (Lipinski definition) is 0. The third-order valence-electron chi connectivity index (χ3n) is 3.34. The van der Waals surface area contributed by atoms with Crippen molar-refractivity contribution in [3.63, 3.8) is 0 Å². The fourth-order valence-corrected chi connectivity index (χ4v) is 2.14. The molecule has 2 rings (SSSR count). The number of methoxy groups -OCH3 is 2. The fourth-order valence-electron chi connectivity index (χ4n) is 2.14. The van der Waals surface area contributed by atoms with Crippen LogP contribution >= 0.6 is 0 Å². The maximum absolute atomic E-state index is 10.6. The van der Waals surface area contributed by atoms with E-state index in [2.05, 4.69) is 6.58 Å². The van der Waals surface area contributed by atoms with Crippen LogP contribution in [0.2, 0.25) is 0 Å². The van der Waals surface area contributed by atoms with Gasteiger partial charge in [-0.1, -0.05) is 24.8 Å². The Hall–Kier alpha value is -3.08. The summed E-state index contributed by atoms with van der Waals surface area (Å²) >= 11 is 0. The topological polar surface area (TPSA) is 61.8 Å². The van der Waals surface area contributed by atoms with Crippen molar-refractivity contribution in [1.29, 1.82) is 0 Å². The van der Waals surface area contributed by atoms with Crippen LogP contribution in [-0.2, 0) is 0 Å². The number of carbonyl (C=O) groups excluding carboxylic acids is 2. The monoisotopic (exact) mass is 342 g/mol. The lowest BCUT2D eigenvalue weighted by Gasteiger charge is -2.10. The van der Waals surface area contributed by atoms with Crippen molar-refractivity contribution in [3.8, 4) is 17.2 Å². The summed E-state index contributed by atoms with van der Waals surface area (Å²) in [5.41, 5.74) is 1.95. The molecule has 0 aliphatic rings. The predicted octanol–water partition coefficient (Wildman–Crippen LogP) is 3.89. The second-order valence-corrected chi connectivity index (χ2v) is 4.89. The van der Waals surface area contributed by atoms with Crippen molar-refractivity contribution >= 4 is 12.6 Å². The van der Waals surface area contributed by atoms with E-state index in [4.69, 9.17) is 14.2 Å². The van der Waals surface area contributed by atoms with E-state index in [0.29, 0.717) is 29.2 Å². The van der Waals surface area contributed by atoms with Gasteiger partial charge in [-0.25, -0.2) is 0 Å². The van der Waals surface area contributed by atoms with E-state index in [1.54, 1.807) is 43.5 Å². The lowest BCUT2D eigenvalue weighted by molar-refractivity contribution is 0.111. The van der Waals surface area contributed by atoms with Crippen LogP contribution in [0.5, 0.6) is 17.2 Å². The van der Waals surface area contributed by atoms with Crippen LogP contribution in [0.3, 0.4) is 0 Å². The van der Waals surface area contributed by atoms with E-state index in [-0.39, 0.29) is 0 Å². The number of para-hydroxylation sites is 1. The van der Waals surface area contributed by atoms with Crippen molar-refractivity contribution in [2.75, 3.05) is 20.8 Å². The Bertz CT molecular complexity index is 722. The lowest BCUT2D eigenvalue weighted by atomic mass is 10.1. The van der Waals surface area contributed by atoms with E-state index in [1.807, 2.05) is 13.0 Å². The smallest absolute Gasteiger partial charge is 0.153 e. The Morgan fingerprint density at radius 2 is 1.60 bits per heavy atom. The quantitative estimate of drug-likeness (QED) is 0.564. The molecule has 0 spiro atoms. The van der Waals surface area contributed by atoms with Crippen molar-refractivity contribution < 1.29 is 23.8 Å². The van der Waals surface area contributed by atoms with Gasteiger partial charge in [-0.2, -0.15) is 0 Å². The van der Waals surface area contributed by atoms with Crippen molar-refractivity contribution in [3.05, 3.63) is 65.7 Å². The van der Waals surface area contributed by atoms with Crippen LogP contribution in [0, 0.1) is 6.92 Å². The van der Waals surface area contributed by atoms with Crippen molar-refractivity contribution in [1.82, 2.24) is 0 Å². The summed E-state index contributed by atoms with van der Waals surface area (Å²) in [5.74, 6) is 1.91. The predicted molar refractivity (Wildman–Crippen MR) is 97.2 cm³/mol. The zero-order valence-corrected chi connectivity index (χ0v) is 14.7. The first-order valence-electron chi connectivity index (χ1n) is 7.57. The highest BCUT2D eigenvalue weighted by atomic mass is 16.5. The van der Waals surface area contributed by atoms with Crippen molar-refractivity contribution in [2.45, 2.75) is 6.92 Å². The van der Waals surface area contributed by atoms with Crippen LogP contribution in [0.15, 0.2) is 49.1 Å². The van der Waals surface area contributed by atoms with Gasteiger partial charge in [0.25, 0.3) is 0 Å². The number of carbonyl (C=O) groups is 2. The van der Waals surface area contributed by atoms with E-state index >= 15 is 0 Å². The first-order chi connectivity index (χ1) is 12.1. The van der Waals surface area contributed by atoms with Gasteiger partial charge in [-0.05, 0) is 31.2 Å². The number of benzene rings is 2. The summed E-state index contributed by atoms with van der Waals surface area (Å²) < 4.78 is 15.4. The Labute approximate surface area is 147 Å². The molecule has 5 heteroatoms. The number of rotatable bonds is 7. The van der Waals surface area contributed by atoms with Gasteiger partial charge in [-0.3, -0.25) is 9.59 Å². The minimum atomic E-state index is 0.421. The maximum Gasteiger partial charge on any atom is 0.153 e. The molecule has 0 aliphatic carbocycles. The molecule has 25 heavy (non-hydrogen) atoms. The van der Waals surface area contributed by atoms with Crippen LogP contribution in [-0.4, -0.2) is 33.4 Å². The van der Waals surface area contributed by atoms with Gasteiger partial charge in [0, 0.05) is 5.56 Å².